The molecular formula is C22H22ClF2N3O4S. The van der Waals surface area contributed by atoms with E-state index in [4.69, 9.17) is 11.6 Å². The highest BCUT2D eigenvalue weighted by Crippen LogP contribution is 2.34. The lowest BCUT2D eigenvalue weighted by molar-refractivity contribution is 0.109. The first-order chi connectivity index (χ1) is 15.8. The molecule has 2 aromatic carbocycles. The molecule has 0 aliphatic heterocycles. The average molecular weight is 498 g/mol. The van der Waals surface area contributed by atoms with Crippen LogP contribution in [0.25, 0.3) is 11.4 Å². The number of aromatic nitrogens is 2. The molecule has 1 fully saturated rings. The van der Waals surface area contributed by atoms with Gasteiger partial charge in [0.1, 0.15) is 11.6 Å². The van der Waals surface area contributed by atoms with Crippen LogP contribution < -0.4 is 0 Å². The van der Waals surface area contributed by atoms with E-state index in [1.807, 2.05) is 0 Å². The van der Waals surface area contributed by atoms with Gasteiger partial charge in [-0.2, -0.15) is 9.29 Å². The zero-order valence-corrected chi connectivity index (χ0v) is 19.1. The predicted molar refractivity (Wildman–Crippen MR) is 117 cm³/mol. The van der Waals surface area contributed by atoms with Crippen molar-refractivity contribution in [3.63, 3.8) is 0 Å². The fourth-order valence-corrected chi connectivity index (χ4v) is 6.06. The van der Waals surface area contributed by atoms with Gasteiger partial charge < -0.3 is 9.63 Å². The standard InChI is InChI=1S/C22H22ClF2N3O4S/c23-16-5-7-17(8-6-16)33(30,31)28(21-4-2-1-3-14(21)12-29)11-15-9-20(25)18(10-19(15)24)22-26-13-32-27-22/h5-10,13-14,21,29H,1-4,11-12H2. The molecule has 1 aromatic heterocycles. The smallest absolute Gasteiger partial charge is 0.243 e. The molecule has 1 saturated carbocycles. The normalized spacial score (nSPS) is 19.2. The van der Waals surface area contributed by atoms with Crippen LogP contribution in [0.1, 0.15) is 31.2 Å². The summed E-state index contributed by atoms with van der Waals surface area (Å²) in [5, 5.41) is 13.8. The Kier molecular flexibility index (Phi) is 7.08. The molecule has 1 heterocycles. The third-order valence-corrected chi connectivity index (χ3v) is 8.10. The number of aliphatic hydroxyl groups is 1. The molecule has 0 spiro atoms. The lowest BCUT2D eigenvalue weighted by atomic mass is 9.85. The number of halogens is 3. The number of aliphatic hydroxyl groups excluding tert-OH is 1. The summed E-state index contributed by atoms with van der Waals surface area (Å²) in [5.74, 6) is -2.04. The maximum atomic E-state index is 15.0. The van der Waals surface area contributed by atoms with Gasteiger partial charge in [-0.25, -0.2) is 17.2 Å². The predicted octanol–water partition coefficient (Wildman–Crippen LogP) is 4.41. The minimum absolute atomic E-state index is 0.0153. The summed E-state index contributed by atoms with van der Waals surface area (Å²) in [4.78, 5) is 3.71. The third-order valence-electron chi connectivity index (χ3n) is 5.96. The van der Waals surface area contributed by atoms with Gasteiger partial charge in [0.2, 0.25) is 22.2 Å². The third kappa shape index (κ3) is 4.93. The average Bonchev–Trinajstić information content (AvgIpc) is 3.34. The molecule has 2 atom stereocenters. The number of benzene rings is 2. The molecule has 7 nitrogen and oxygen atoms in total. The molecule has 1 aliphatic carbocycles. The second-order valence-electron chi connectivity index (χ2n) is 7.98. The molecule has 33 heavy (non-hydrogen) atoms. The van der Waals surface area contributed by atoms with Gasteiger partial charge in [0, 0.05) is 29.8 Å². The Bertz CT molecular complexity index is 1210. The molecule has 176 valence electrons. The van der Waals surface area contributed by atoms with E-state index < -0.39 is 34.2 Å². The summed E-state index contributed by atoms with van der Waals surface area (Å²) in [6.45, 7) is -0.605. The van der Waals surface area contributed by atoms with E-state index in [0.717, 1.165) is 31.4 Å². The van der Waals surface area contributed by atoms with E-state index in [-0.39, 0.29) is 34.4 Å². The summed E-state index contributed by atoms with van der Waals surface area (Å²) in [7, 11) is -4.11. The molecular weight excluding hydrogens is 476 g/mol. The van der Waals surface area contributed by atoms with Crippen LogP contribution in [0, 0.1) is 17.6 Å². The monoisotopic (exact) mass is 497 g/mol. The van der Waals surface area contributed by atoms with Crippen molar-refractivity contribution in [1.82, 2.24) is 14.4 Å². The number of hydrogen-bond acceptors (Lipinski definition) is 6. The lowest BCUT2D eigenvalue weighted by Crippen LogP contribution is -2.46. The van der Waals surface area contributed by atoms with Crippen molar-refractivity contribution in [2.75, 3.05) is 6.61 Å². The van der Waals surface area contributed by atoms with Crippen molar-refractivity contribution in [2.45, 2.75) is 43.2 Å². The molecule has 1 N–H and O–H groups in total. The van der Waals surface area contributed by atoms with Crippen molar-refractivity contribution < 1.29 is 26.8 Å². The summed E-state index contributed by atoms with van der Waals surface area (Å²) in [6.07, 6.45) is 3.77. The van der Waals surface area contributed by atoms with E-state index in [1.165, 1.54) is 28.6 Å². The first-order valence-corrected chi connectivity index (χ1v) is 12.3. The maximum absolute atomic E-state index is 15.0. The Morgan fingerprint density at radius 2 is 1.85 bits per heavy atom. The zero-order chi connectivity index (χ0) is 23.6. The first kappa shape index (κ1) is 23.7. The Morgan fingerprint density at radius 1 is 1.12 bits per heavy atom. The highest BCUT2D eigenvalue weighted by atomic mass is 35.5. The van der Waals surface area contributed by atoms with E-state index in [1.54, 1.807) is 0 Å². The minimum Gasteiger partial charge on any atom is -0.396 e. The molecule has 0 amide bonds. The van der Waals surface area contributed by atoms with E-state index >= 15 is 4.39 Å². The Hall–Kier alpha value is -2.40. The van der Waals surface area contributed by atoms with Crippen LogP contribution in [0.2, 0.25) is 5.02 Å². The first-order valence-electron chi connectivity index (χ1n) is 10.4. The fourth-order valence-electron chi connectivity index (χ4n) is 4.24. The molecule has 3 aromatic rings. The minimum atomic E-state index is -4.11. The Labute approximate surface area is 195 Å². The van der Waals surface area contributed by atoms with E-state index in [0.29, 0.717) is 17.9 Å². The molecule has 2 unspecified atom stereocenters. The molecule has 1 aliphatic rings. The molecule has 4 rings (SSSR count). The summed E-state index contributed by atoms with van der Waals surface area (Å²) in [6, 6.07) is 6.96. The summed E-state index contributed by atoms with van der Waals surface area (Å²) < 4.78 is 62.8. The van der Waals surface area contributed by atoms with Gasteiger partial charge in [-0.3, -0.25) is 0 Å². The Morgan fingerprint density at radius 3 is 2.52 bits per heavy atom. The van der Waals surface area contributed by atoms with Gasteiger partial charge in [0.15, 0.2) is 0 Å². The largest absolute Gasteiger partial charge is 0.396 e. The molecule has 0 radical (unpaired) electrons. The molecule has 0 bridgehead atoms. The van der Waals surface area contributed by atoms with Crippen molar-refractivity contribution in [1.29, 1.82) is 0 Å². The van der Waals surface area contributed by atoms with E-state index in [2.05, 4.69) is 14.7 Å². The van der Waals surface area contributed by atoms with Gasteiger partial charge in [-0.1, -0.05) is 29.6 Å². The lowest BCUT2D eigenvalue weighted by Gasteiger charge is -2.38. The van der Waals surface area contributed by atoms with Crippen molar-refractivity contribution in [3.05, 3.63) is 65.0 Å². The van der Waals surface area contributed by atoms with Crippen LogP contribution in [0.5, 0.6) is 0 Å². The van der Waals surface area contributed by atoms with E-state index in [9.17, 15) is 17.9 Å². The Balaban J connectivity index is 1.75. The van der Waals surface area contributed by atoms with Crippen molar-refractivity contribution in [2.24, 2.45) is 5.92 Å². The van der Waals surface area contributed by atoms with Crippen LogP contribution in [0.3, 0.4) is 0 Å². The zero-order valence-electron chi connectivity index (χ0n) is 17.5. The number of sulfonamides is 1. The second-order valence-corrected chi connectivity index (χ2v) is 10.3. The van der Waals surface area contributed by atoms with Crippen LogP contribution in [-0.4, -0.2) is 40.6 Å². The summed E-state index contributed by atoms with van der Waals surface area (Å²) in [5.41, 5.74) is -0.331. The number of nitrogens with zero attached hydrogens (tertiary/aromatic N) is 3. The van der Waals surface area contributed by atoms with Crippen LogP contribution >= 0.6 is 11.6 Å². The van der Waals surface area contributed by atoms with Gasteiger partial charge in [0.05, 0.1) is 10.5 Å². The number of hydrogen-bond donors (Lipinski definition) is 1. The van der Waals surface area contributed by atoms with Crippen LogP contribution in [0.15, 0.2) is 52.2 Å². The highest BCUT2D eigenvalue weighted by molar-refractivity contribution is 7.89. The van der Waals surface area contributed by atoms with Gasteiger partial charge in [-0.15, -0.1) is 0 Å². The van der Waals surface area contributed by atoms with Crippen LogP contribution in [0.4, 0.5) is 8.78 Å². The maximum Gasteiger partial charge on any atom is 0.243 e. The van der Waals surface area contributed by atoms with Gasteiger partial charge in [0.25, 0.3) is 0 Å². The van der Waals surface area contributed by atoms with Crippen molar-refractivity contribution in [3.8, 4) is 11.4 Å². The van der Waals surface area contributed by atoms with Crippen molar-refractivity contribution >= 4 is 21.6 Å². The number of rotatable bonds is 7. The quantitative estimate of drug-likeness (QED) is 0.519. The fraction of sp³-hybridized carbons (Fsp3) is 0.364. The molecule has 11 heteroatoms. The van der Waals surface area contributed by atoms with Crippen LogP contribution in [-0.2, 0) is 16.6 Å². The second kappa shape index (κ2) is 9.84. The summed E-state index contributed by atoms with van der Waals surface area (Å²) >= 11 is 5.91. The highest BCUT2D eigenvalue weighted by Gasteiger charge is 2.38. The SMILES string of the molecule is O=S(=O)(c1ccc(Cl)cc1)N(Cc1cc(F)c(-c2ncon2)cc1F)C1CCCCC1CO. The topological polar surface area (TPSA) is 96.5 Å². The van der Waals surface area contributed by atoms with Gasteiger partial charge >= 0.3 is 0 Å². The molecule has 0 saturated heterocycles. The van der Waals surface area contributed by atoms with Gasteiger partial charge in [-0.05, 0) is 55.2 Å².